The first-order valence-electron chi connectivity index (χ1n) is 7.85. The Kier molecular flexibility index (Phi) is 5.76. The number of carbonyl (C=O) groups is 1. The van der Waals surface area contributed by atoms with Gasteiger partial charge in [0.1, 0.15) is 0 Å². The number of benzene rings is 1. The molecule has 3 rings (SSSR count). The van der Waals surface area contributed by atoms with Gasteiger partial charge >= 0.3 is 6.18 Å². The number of alkyl halides is 3. The van der Waals surface area contributed by atoms with Crippen LogP contribution in [0.4, 0.5) is 13.2 Å². The fraction of sp³-hybridized carbons (Fsp3) is 0.167. The van der Waals surface area contributed by atoms with E-state index >= 15 is 0 Å². The molecule has 1 N–H and O–H groups in total. The van der Waals surface area contributed by atoms with Crippen LogP contribution in [0.3, 0.4) is 0 Å². The molecule has 0 saturated heterocycles. The molecule has 4 nitrogen and oxygen atoms in total. The van der Waals surface area contributed by atoms with Crippen molar-refractivity contribution in [3.63, 3.8) is 0 Å². The monoisotopic (exact) mass is 411 g/mol. The summed E-state index contributed by atoms with van der Waals surface area (Å²) in [6.45, 7) is 0.248. The van der Waals surface area contributed by atoms with E-state index in [0.29, 0.717) is 6.42 Å². The Labute approximate surface area is 162 Å². The number of aromatic nitrogens is 2. The van der Waals surface area contributed by atoms with E-state index in [1.54, 1.807) is 6.20 Å². The number of rotatable bonds is 5. The number of thiazole rings is 1. The highest BCUT2D eigenvalue weighted by molar-refractivity contribution is 7.09. The van der Waals surface area contributed by atoms with Gasteiger partial charge in [-0.05, 0) is 30.3 Å². The van der Waals surface area contributed by atoms with Crippen molar-refractivity contribution in [2.45, 2.75) is 12.6 Å². The van der Waals surface area contributed by atoms with Gasteiger partial charge in [-0.25, -0.2) is 4.98 Å². The maximum Gasteiger partial charge on any atom is 0.417 e. The number of carbonyl (C=O) groups excluding carboxylic acids is 1. The zero-order valence-electron chi connectivity index (χ0n) is 13.8. The average molecular weight is 412 g/mol. The largest absolute Gasteiger partial charge is 0.417 e. The SMILES string of the molecule is O=C(NCCc1nc(-c2ccccn2)cs1)c1ccc(Cl)c(C(F)(F)F)c1. The third kappa shape index (κ3) is 4.84. The summed E-state index contributed by atoms with van der Waals surface area (Å²) >= 11 is 6.99. The van der Waals surface area contributed by atoms with E-state index in [-0.39, 0.29) is 12.1 Å². The van der Waals surface area contributed by atoms with Gasteiger partial charge in [-0.1, -0.05) is 17.7 Å². The number of nitrogens with one attached hydrogen (secondary N) is 1. The minimum absolute atomic E-state index is 0.0972. The van der Waals surface area contributed by atoms with E-state index in [2.05, 4.69) is 15.3 Å². The molecule has 1 amide bonds. The van der Waals surface area contributed by atoms with Crippen LogP contribution in [-0.4, -0.2) is 22.4 Å². The Morgan fingerprint density at radius 2 is 2.00 bits per heavy atom. The van der Waals surface area contributed by atoms with Gasteiger partial charge in [0, 0.05) is 30.1 Å². The number of hydrogen-bond acceptors (Lipinski definition) is 4. The van der Waals surface area contributed by atoms with Crippen LogP contribution in [0.5, 0.6) is 0 Å². The molecule has 27 heavy (non-hydrogen) atoms. The van der Waals surface area contributed by atoms with E-state index in [4.69, 9.17) is 11.6 Å². The smallest absolute Gasteiger partial charge is 0.352 e. The van der Waals surface area contributed by atoms with Crippen molar-refractivity contribution in [3.05, 3.63) is 69.1 Å². The molecule has 0 aliphatic rings. The standard InChI is InChI=1S/C18H13ClF3N3OS/c19-13-5-4-11(9-12(13)18(20,21)22)17(26)24-8-6-16-25-15(10-27-16)14-3-1-2-7-23-14/h1-5,7,9-10H,6,8H2,(H,24,26). The zero-order valence-corrected chi connectivity index (χ0v) is 15.3. The van der Waals surface area contributed by atoms with E-state index < -0.39 is 22.7 Å². The Morgan fingerprint density at radius 3 is 2.70 bits per heavy atom. The molecule has 9 heteroatoms. The first kappa shape index (κ1) is 19.3. The lowest BCUT2D eigenvalue weighted by atomic mass is 10.1. The molecule has 0 spiro atoms. The van der Waals surface area contributed by atoms with Crippen LogP contribution in [0.25, 0.3) is 11.4 Å². The quantitative estimate of drug-likeness (QED) is 0.653. The Balaban J connectivity index is 1.60. The van der Waals surface area contributed by atoms with Crippen LogP contribution in [-0.2, 0) is 12.6 Å². The first-order valence-corrected chi connectivity index (χ1v) is 9.11. The summed E-state index contributed by atoms with van der Waals surface area (Å²) in [6.07, 6.45) is -2.48. The third-order valence-corrected chi connectivity index (χ3v) is 4.88. The number of nitrogens with zero attached hydrogens (tertiary/aromatic N) is 2. The number of hydrogen-bond donors (Lipinski definition) is 1. The van der Waals surface area contributed by atoms with Crippen LogP contribution >= 0.6 is 22.9 Å². The highest BCUT2D eigenvalue weighted by Gasteiger charge is 2.33. The molecule has 140 valence electrons. The summed E-state index contributed by atoms with van der Waals surface area (Å²) in [5, 5.41) is 4.82. The second kappa shape index (κ2) is 8.06. The van der Waals surface area contributed by atoms with E-state index in [1.165, 1.54) is 17.4 Å². The third-order valence-electron chi connectivity index (χ3n) is 3.64. The van der Waals surface area contributed by atoms with E-state index in [0.717, 1.165) is 28.5 Å². The summed E-state index contributed by atoms with van der Waals surface area (Å²) in [5.74, 6) is -0.598. The van der Waals surface area contributed by atoms with Gasteiger partial charge in [0.15, 0.2) is 0 Å². The molecule has 0 bridgehead atoms. The molecule has 0 aliphatic heterocycles. The fourth-order valence-corrected chi connectivity index (χ4v) is 3.34. The van der Waals surface area contributed by atoms with Gasteiger partial charge in [0.2, 0.25) is 0 Å². The molecule has 2 heterocycles. The minimum atomic E-state index is -4.61. The van der Waals surface area contributed by atoms with Gasteiger partial charge < -0.3 is 5.32 Å². The van der Waals surface area contributed by atoms with Gasteiger partial charge in [-0.3, -0.25) is 9.78 Å². The Bertz CT molecular complexity index is 945. The molecule has 3 aromatic rings. The molecular weight excluding hydrogens is 399 g/mol. The van der Waals surface area contributed by atoms with Crippen molar-refractivity contribution in [2.75, 3.05) is 6.54 Å². The Morgan fingerprint density at radius 1 is 1.19 bits per heavy atom. The zero-order chi connectivity index (χ0) is 19.4. The predicted octanol–water partition coefficient (Wildman–Crippen LogP) is 4.85. The molecule has 0 saturated carbocycles. The lowest BCUT2D eigenvalue weighted by molar-refractivity contribution is -0.137. The van der Waals surface area contributed by atoms with Crippen molar-refractivity contribution < 1.29 is 18.0 Å². The van der Waals surface area contributed by atoms with Gasteiger partial charge in [-0.15, -0.1) is 11.3 Å². The summed E-state index contributed by atoms with van der Waals surface area (Å²) in [7, 11) is 0. The lowest BCUT2D eigenvalue weighted by Gasteiger charge is -2.11. The van der Waals surface area contributed by atoms with Crippen molar-refractivity contribution in [2.24, 2.45) is 0 Å². The van der Waals surface area contributed by atoms with Crippen LogP contribution < -0.4 is 5.32 Å². The summed E-state index contributed by atoms with van der Waals surface area (Å²) in [4.78, 5) is 20.8. The number of halogens is 4. The molecule has 0 atom stereocenters. The first-order chi connectivity index (χ1) is 12.8. The van der Waals surface area contributed by atoms with E-state index in [9.17, 15) is 18.0 Å². The number of amides is 1. The summed E-state index contributed by atoms with van der Waals surface area (Å²) in [6, 6.07) is 8.60. The van der Waals surface area contributed by atoms with Crippen LogP contribution in [0.2, 0.25) is 5.02 Å². The second-order valence-corrected chi connectivity index (χ2v) is 6.89. The molecule has 0 unspecified atom stereocenters. The molecule has 2 aromatic heterocycles. The Hall–Kier alpha value is -2.45. The molecule has 0 radical (unpaired) electrons. The topological polar surface area (TPSA) is 54.9 Å². The summed E-state index contributed by atoms with van der Waals surface area (Å²) in [5.41, 5.74) is 0.371. The minimum Gasteiger partial charge on any atom is -0.352 e. The van der Waals surface area contributed by atoms with Crippen molar-refractivity contribution in [1.82, 2.24) is 15.3 Å². The van der Waals surface area contributed by atoms with Crippen molar-refractivity contribution >= 4 is 28.8 Å². The molecule has 1 aromatic carbocycles. The van der Waals surface area contributed by atoms with Gasteiger partial charge in [-0.2, -0.15) is 13.2 Å². The second-order valence-electron chi connectivity index (χ2n) is 5.54. The highest BCUT2D eigenvalue weighted by atomic mass is 35.5. The van der Waals surface area contributed by atoms with Crippen LogP contribution in [0.15, 0.2) is 48.0 Å². The van der Waals surface area contributed by atoms with Crippen molar-refractivity contribution in [3.8, 4) is 11.4 Å². The predicted molar refractivity (Wildman–Crippen MR) is 97.8 cm³/mol. The van der Waals surface area contributed by atoms with Crippen LogP contribution in [0.1, 0.15) is 20.9 Å². The lowest BCUT2D eigenvalue weighted by Crippen LogP contribution is -2.26. The summed E-state index contributed by atoms with van der Waals surface area (Å²) < 4.78 is 38.6. The maximum atomic E-state index is 12.9. The fourth-order valence-electron chi connectivity index (χ4n) is 2.33. The average Bonchev–Trinajstić information content (AvgIpc) is 3.10. The molecule has 0 fully saturated rings. The van der Waals surface area contributed by atoms with Crippen LogP contribution in [0, 0.1) is 0 Å². The highest BCUT2D eigenvalue weighted by Crippen LogP contribution is 2.35. The molecular formula is C18H13ClF3N3OS. The van der Waals surface area contributed by atoms with E-state index in [1.807, 2.05) is 23.6 Å². The van der Waals surface area contributed by atoms with Crippen molar-refractivity contribution in [1.29, 1.82) is 0 Å². The maximum absolute atomic E-state index is 12.9. The van der Waals surface area contributed by atoms with Gasteiger partial charge in [0.25, 0.3) is 5.91 Å². The number of pyridine rings is 1. The molecule has 0 aliphatic carbocycles. The van der Waals surface area contributed by atoms with Gasteiger partial charge in [0.05, 0.1) is 27.0 Å². The normalized spacial score (nSPS) is 11.4.